The second-order valence-electron chi connectivity index (χ2n) is 5.22. The SMILES string of the molecule is COC1CC(C(=O)O)N(C(=O)N2CCC(C(N)=O)C2)C1. The van der Waals surface area contributed by atoms with Gasteiger partial charge in [0.05, 0.1) is 12.0 Å². The van der Waals surface area contributed by atoms with E-state index in [1.807, 2.05) is 0 Å². The predicted octanol–water partition coefficient (Wildman–Crippen LogP) is -0.912. The van der Waals surface area contributed by atoms with Crippen molar-refractivity contribution in [3.05, 3.63) is 0 Å². The molecule has 0 aromatic carbocycles. The van der Waals surface area contributed by atoms with Crippen LogP contribution in [-0.2, 0) is 14.3 Å². The van der Waals surface area contributed by atoms with Crippen LogP contribution >= 0.6 is 0 Å². The maximum Gasteiger partial charge on any atom is 0.326 e. The molecule has 0 aromatic rings. The number of nitrogens with zero attached hydrogens (tertiary/aromatic N) is 2. The molecule has 3 unspecified atom stereocenters. The number of carbonyl (C=O) groups is 3. The molecule has 2 heterocycles. The maximum atomic E-state index is 12.4. The lowest BCUT2D eigenvalue weighted by Gasteiger charge is -2.27. The summed E-state index contributed by atoms with van der Waals surface area (Å²) in [6.07, 6.45) is 0.542. The molecule has 8 heteroatoms. The van der Waals surface area contributed by atoms with Gasteiger partial charge in [0.1, 0.15) is 6.04 Å². The van der Waals surface area contributed by atoms with Crippen molar-refractivity contribution >= 4 is 17.9 Å². The van der Waals surface area contributed by atoms with Gasteiger partial charge in [0.15, 0.2) is 0 Å². The molecule has 3 N–H and O–H groups in total. The van der Waals surface area contributed by atoms with Gasteiger partial charge in [-0.1, -0.05) is 0 Å². The Hall–Kier alpha value is -1.83. The molecule has 0 radical (unpaired) electrons. The first-order chi connectivity index (χ1) is 9.43. The summed E-state index contributed by atoms with van der Waals surface area (Å²) in [6, 6.07) is -1.24. The molecule has 0 bridgehead atoms. The molecule has 0 saturated carbocycles. The highest BCUT2D eigenvalue weighted by Crippen LogP contribution is 2.24. The van der Waals surface area contributed by atoms with Crippen LogP contribution in [0.15, 0.2) is 0 Å². The largest absolute Gasteiger partial charge is 0.480 e. The Morgan fingerprint density at radius 3 is 2.50 bits per heavy atom. The van der Waals surface area contributed by atoms with Gasteiger partial charge in [0, 0.05) is 33.2 Å². The van der Waals surface area contributed by atoms with Gasteiger partial charge in [-0.25, -0.2) is 9.59 Å². The number of carbonyl (C=O) groups excluding carboxylic acids is 2. The van der Waals surface area contributed by atoms with E-state index in [9.17, 15) is 19.5 Å². The Kier molecular flexibility index (Phi) is 4.12. The number of hydrogen-bond acceptors (Lipinski definition) is 4. The molecule has 0 aromatic heterocycles. The third kappa shape index (κ3) is 2.69. The van der Waals surface area contributed by atoms with Crippen LogP contribution in [0.4, 0.5) is 4.79 Å². The molecule has 8 nitrogen and oxygen atoms in total. The molecule has 2 rings (SSSR count). The molecule has 3 atom stereocenters. The minimum absolute atomic E-state index is 0.254. The van der Waals surface area contributed by atoms with E-state index >= 15 is 0 Å². The summed E-state index contributed by atoms with van der Waals surface area (Å²) in [4.78, 5) is 37.5. The highest BCUT2D eigenvalue weighted by molar-refractivity contribution is 5.85. The minimum Gasteiger partial charge on any atom is -0.480 e. The van der Waals surface area contributed by atoms with Gasteiger partial charge in [-0.15, -0.1) is 0 Å². The van der Waals surface area contributed by atoms with Gasteiger partial charge in [0.25, 0.3) is 0 Å². The zero-order valence-corrected chi connectivity index (χ0v) is 11.3. The highest BCUT2D eigenvalue weighted by Gasteiger charge is 2.43. The molecule has 20 heavy (non-hydrogen) atoms. The molecule has 2 fully saturated rings. The van der Waals surface area contributed by atoms with Crippen molar-refractivity contribution in [3.8, 4) is 0 Å². The molecule has 2 aliphatic rings. The van der Waals surface area contributed by atoms with E-state index in [0.717, 1.165) is 0 Å². The zero-order valence-electron chi connectivity index (χ0n) is 11.3. The molecule has 112 valence electrons. The highest BCUT2D eigenvalue weighted by atomic mass is 16.5. The lowest BCUT2D eigenvalue weighted by molar-refractivity contribution is -0.141. The first-order valence-corrected chi connectivity index (χ1v) is 6.54. The summed E-state index contributed by atoms with van der Waals surface area (Å²) in [5.74, 6) is -1.81. The zero-order chi connectivity index (χ0) is 14.9. The first kappa shape index (κ1) is 14.6. The van der Waals surface area contributed by atoms with E-state index in [2.05, 4.69) is 0 Å². The quantitative estimate of drug-likeness (QED) is 0.696. The van der Waals surface area contributed by atoms with E-state index in [0.29, 0.717) is 13.0 Å². The van der Waals surface area contributed by atoms with Crippen LogP contribution in [0.3, 0.4) is 0 Å². The van der Waals surface area contributed by atoms with E-state index < -0.39 is 17.9 Å². The second-order valence-corrected chi connectivity index (χ2v) is 5.22. The average Bonchev–Trinajstić information content (AvgIpc) is 3.04. The number of nitrogens with two attached hydrogens (primary N) is 1. The fourth-order valence-electron chi connectivity index (χ4n) is 2.76. The Balaban J connectivity index is 2.04. The van der Waals surface area contributed by atoms with Crippen molar-refractivity contribution in [1.82, 2.24) is 9.80 Å². The summed E-state index contributed by atoms with van der Waals surface area (Å²) >= 11 is 0. The molecule has 2 aliphatic heterocycles. The molecule has 3 amide bonds. The lowest BCUT2D eigenvalue weighted by atomic mass is 10.1. The number of hydrogen-bond donors (Lipinski definition) is 2. The van der Waals surface area contributed by atoms with E-state index in [-0.39, 0.29) is 37.6 Å². The Morgan fingerprint density at radius 2 is 2.00 bits per heavy atom. The standard InChI is InChI=1S/C12H19N3O5/c1-20-8-4-9(11(17)18)15(6-8)12(19)14-3-2-7(5-14)10(13)16/h7-9H,2-6H2,1H3,(H2,13,16)(H,17,18). The Labute approximate surface area is 116 Å². The third-order valence-electron chi connectivity index (χ3n) is 3.99. The summed E-state index contributed by atoms with van der Waals surface area (Å²) in [5, 5.41) is 9.19. The van der Waals surface area contributed by atoms with Crippen molar-refractivity contribution in [3.63, 3.8) is 0 Å². The topological polar surface area (TPSA) is 113 Å². The summed E-state index contributed by atoms with van der Waals surface area (Å²) in [7, 11) is 1.50. The van der Waals surface area contributed by atoms with Crippen molar-refractivity contribution in [2.75, 3.05) is 26.7 Å². The minimum atomic E-state index is -1.04. The molecule has 0 aliphatic carbocycles. The van der Waals surface area contributed by atoms with Gasteiger partial charge in [-0.2, -0.15) is 0 Å². The first-order valence-electron chi connectivity index (χ1n) is 6.54. The number of aliphatic carboxylic acids is 1. The summed E-state index contributed by atoms with van der Waals surface area (Å²) < 4.78 is 5.14. The Morgan fingerprint density at radius 1 is 1.30 bits per heavy atom. The lowest BCUT2D eigenvalue weighted by Crippen LogP contribution is -2.47. The molecule has 0 spiro atoms. The number of rotatable bonds is 3. The van der Waals surface area contributed by atoms with Gasteiger partial charge >= 0.3 is 12.0 Å². The van der Waals surface area contributed by atoms with Crippen LogP contribution in [0.1, 0.15) is 12.8 Å². The second kappa shape index (κ2) is 5.66. The third-order valence-corrected chi connectivity index (χ3v) is 3.99. The van der Waals surface area contributed by atoms with Crippen LogP contribution < -0.4 is 5.73 Å². The number of carboxylic acid groups (broad SMARTS) is 1. The van der Waals surface area contributed by atoms with E-state index in [1.165, 1.54) is 16.9 Å². The van der Waals surface area contributed by atoms with Crippen molar-refractivity contribution in [1.29, 1.82) is 0 Å². The van der Waals surface area contributed by atoms with Crippen LogP contribution in [0.5, 0.6) is 0 Å². The number of likely N-dealkylation sites (tertiary alicyclic amines) is 2. The maximum absolute atomic E-state index is 12.4. The van der Waals surface area contributed by atoms with Crippen molar-refractivity contribution in [2.24, 2.45) is 11.7 Å². The van der Waals surface area contributed by atoms with Gasteiger partial charge in [-0.05, 0) is 6.42 Å². The molecular formula is C12H19N3O5. The average molecular weight is 285 g/mol. The van der Waals surface area contributed by atoms with Crippen LogP contribution in [0.25, 0.3) is 0 Å². The van der Waals surface area contributed by atoms with Gasteiger partial charge in [0.2, 0.25) is 5.91 Å². The number of methoxy groups -OCH3 is 1. The smallest absolute Gasteiger partial charge is 0.326 e. The van der Waals surface area contributed by atoms with E-state index in [1.54, 1.807) is 0 Å². The number of carboxylic acids is 1. The number of urea groups is 1. The van der Waals surface area contributed by atoms with Gasteiger partial charge in [-0.3, -0.25) is 4.79 Å². The van der Waals surface area contributed by atoms with Crippen LogP contribution in [-0.4, -0.2) is 71.7 Å². The summed E-state index contributed by atoms with van der Waals surface area (Å²) in [6.45, 7) is 0.936. The van der Waals surface area contributed by atoms with Crippen molar-refractivity contribution < 1.29 is 24.2 Å². The predicted molar refractivity (Wildman–Crippen MR) is 67.8 cm³/mol. The fourth-order valence-corrected chi connectivity index (χ4v) is 2.76. The number of ether oxygens (including phenoxy) is 1. The van der Waals surface area contributed by atoms with Crippen LogP contribution in [0, 0.1) is 5.92 Å². The Bertz CT molecular complexity index is 427. The summed E-state index contributed by atoms with van der Waals surface area (Å²) in [5.41, 5.74) is 5.23. The normalized spacial score (nSPS) is 29.8. The van der Waals surface area contributed by atoms with Crippen LogP contribution in [0.2, 0.25) is 0 Å². The van der Waals surface area contributed by atoms with Crippen molar-refractivity contribution in [2.45, 2.75) is 25.0 Å². The van der Waals surface area contributed by atoms with E-state index in [4.69, 9.17) is 10.5 Å². The fraction of sp³-hybridized carbons (Fsp3) is 0.750. The molecule has 2 saturated heterocycles. The number of primary amides is 1. The number of amides is 3. The monoisotopic (exact) mass is 285 g/mol. The van der Waals surface area contributed by atoms with Gasteiger partial charge < -0.3 is 25.4 Å². The molecular weight excluding hydrogens is 266 g/mol.